The number of nitrogens with two attached hydrogens (primary N) is 1. The molecule has 0 amide bonds. The summed E-state index contributed by atoms with van der Waals surface area (Å²) in [6.45, 7) is 0.461. The van der Waals surface area contributed by atoms with Gasteiger partial charge in [-0.3, -0.25) is 0 Å². The first-order valence-electron chi connectivity index (χ1n) is 19.8. The molecule has 0 bridgehead atoms. The van der Waals surface area contributed by atoms with Gasteiger partial charge in [-0.25, -0.2) is 0 Å². The SMILES string of the molecule is N[C@H]1[C@@H](OC2[C@H](OCc3ccccc3)[C@H](OCc3ccccc3)C(OCc3ccccc3)[C@H](OCc3ccccc3)[C@H]2OCc2ccccc2)O[C@H](CO)[C@@H](O)[C@@H]1O. The third-order valence-electron chi connectivity index (χ3n) is 10.6. The average Bonchev–Trinajstić information content (AvgIpc) is 3.28. The van der Waals surface area contributed by atoms with Gasteiger partial charge in [0.15, 0.2) is 6.29 Å². The van der Waals surface area contributed by atoms with Crippen molar-refractivity contribution in [3.8, 4) is 0 Å². The van der Waals surface area contributed by atoms with Gasteiger partial charge in [-0.15, -0.1) is 0 Å². The van der Waals surface area contributed by atoms with Crippen LogP contribution in [0.2, 0.25) is 0 Å². The molecular formula is C47H53NO10. The van der Waals surface area contributed by atoms with E-state index in [0.29, 0.717) is 0 Å². The molecule has 1 saturated carbocycles. The Morgan fingerprint density at radius 2 is 0.690 bits per heavy atom. The van der Waals surface area contributed by atoms with Crippen LogP contribution in [0.25, 0.3) is 0 Å². The topological polar surface area (TPSA) is 151 Å². The highest BCUT2D eigenvalue weighted by Gasteiger charge is 2.57. The van der Waals surface area contributed by atoms with Crippen LogP contribution in [0.3, 0.4) is 0 Å². The molecule has 11 heteroatoms. The summed E-state index contributed by atoms with van der Waals surface area (Å²) in [5, 5.41) is 31.9. The van der Waals surface area contributed by atoms with E-state index in [0.717, 1.165) is 27.8 Å². The van der Waals surface area contributed by atoms with Gasteiger partial charge < -0.3 is 54.2 Å². The molecule has 2 aliphatic rings. The summed E-state index contributed by atoms with van der Waals surface area (Å²) in [5.74, 6) is 0. The molecule has 2 unspecified atom stereocenters. The Balaban J connectivity index is 1.33. The van der Waals surface area contributed by atoms with Crippen LogP contribution in [0.1, 0.15) is 27.8 Å². The van der Waals surface area contributed by atoms with Gasteiger partial charge >= 0.3 is 0 Å². The highest BCUT2D eigenvalue weighted by molar-refractivity contribution is 5.18. The number of benzene rings is 5. The van der Waals surface area contributed by atoms with E-state index in [2.05, 4.69) is 0 Å². The molecule has 11 atom stereocenters. The third-order valence-corrected chi connectivity index (χ3v) is 10.6. The van der Waals surface area contributed by atoms with Gasteiger partial charge in [-0.1, -0.05) is 152 Å². The summed E-state index contributed by atoms with van der Waals surface area (Å²) in [5.41, 5.74) is 11.2. The number of ether oxygens (including phenoxy) is 7. The van der Waals surface area contributed by atoms with Crippen molar-refractivity contribution in [1.29, 1.82) is 0 Å². The normalized spacial score (nSPS) is 28.6. The Labute approximate surface area is 339 Å². The summed E-state index contributed by atoms with van der Waals surface area (Å²) < 4.78 is 47.6. The van der Waals surface area contributed by atoms with Crippen molar-refractivity contribution < 1.29 is 48.5 Å². The number of aliphatic hydroxyl groups is 3. The van der Waals surface area contributed by atoms with Crippen molar-refractivity contribution in [2.45, 2.75) is 100 Å². The molecule has 11 nitrogen and oxygen atoms in total. The zero-order valence-electron chi connectivity index (χ0n) is 32.3. The van der Waals surface area contributed by atoms with Gasteiger partial charge in [0.05, 0.1) is 45.7 Å². The van der Waals surface area contributed by atoms with E-state index in [1.54, 1.807) is 0 Å². The van der Waals surface area contributed by atoms with Crippen molar-refractivity contribution in [2.24, 2.45) is 5.73 Å². The van der Waals surface area contributed by atoms with E-state index in [4.69, 9.17) is 38.9 Å². The molecule has 7 rings (SSSR count). The van der Waals surface area contributed by atoms with E-state index >= 15 is 0 Å². The molecule has 58 heavy (non-hydrogen) atoms. The minimum Gasteiger partial charge on any atom is -0.394 e. The summed E-state index contributed by atoms with van der Waals surface area (Å²) in [4.78, 5) is 0. The van der Waals surface area contributed by atoms with Crippen LogP contribution in [-0.4, -0.2) is 89.2 Å². The van der Waals surface area contributed by atoms with Gasteiger partial charge in [0, 0.05) is 0 Å². The Morgan fingerprint density at radius 3 is 0.966 bits per heavy atom. The smallest absolute Gasteiger partial charge is 0.176 e. The highest BCUT2D eigenvalue weighted by Crippen LogP contribution is 2.38. The van der Waals surface area contributed by atoms with Crippen molar-refractivity contribution in [3.63, 3.8) is 0 Å². The zero-order valence-corrected chi connectivity index (χ0v) is 32.3. The molecule has 0 radical (unpaired) electrons. The van der Waals surface area contributed by atoms with Gasteiger partial charge in [0.1, 0.15) is 54.9 Å². The van der Waals surface area contributed by atoms with Crippen LogP contribution in [0.5, 0.6) is 0 Å². The Morgan fingerprint density at radius 1 is 0.414 bits per heavy atom. The van der Waals surface area contributed by atoms with Gasteiger partial charge in [-0.05, 0) is 27.8 Å². The molecule has 1 aliphatic heterocycles. The summed E-state index contributed by atoms with van der Waals surface area (Å²) in [7, 11) is 0. The van der Waals surface area contributed by atoms with E-state index < -0.39 is 73.9 Å². The van der Waals surface area contributed by atoms with Crippen LogP contribution in [-0.2, 0) is 66.2 Å². The fourth-order valence-electron chi connectivity index (χ4n) is 7.44. The largest absolute Gasteiger partial charge is 0.394 e. The van der Waals surface area contributed by atoms with Gasteiger partial charge in [-0.2, -0.15) is 0 Å². The molecule has 2 fully saturated rings. The molecule has 5 aromatic rings. The number of hydrogen-bond donors (Lipinski definition) is 4. The molecule has 0 spiro atoms. The van der Waals surface area contributed by atoms with Crippen molar-refractivity contribution in [3.05, 3.63) is 179 Å². The van der Waals surface area contributed by atoms with Crippen LogP contribution in [0.15, 0.2) is 152 Å². The summed E-state index contributed by atoms with van der Waals surface area (Å²) in [6, 6.07) is 47.9. The van der Waals surface area contributed by atoms with Crippen LogP contribution >= 0.6 is 0 Å². The number of rotatable bonds is 18. The maximum atomic E-state index is 11.1. The second-order valence-electron chi connectivity index (χ2n) is 14.7. The molecule has 5 aromatic carbocycles. The molecule has 1 aliphatic carbocycles. The standard InChI is InChI=1S/C47H53NO10/c48-38-40(51)39(50)37(26-49)57-47(38)58-46-44(55-30-35-22-12-4-13-23-35)42(53-28-33-18-8-2-9-19-33)41(52-27-32-16-6-1-7-17-32)43(54-29-34-20-10-3-11-21-34)45(46)56-31-36-24-14-5-15-25-36/h1-25,37-47,49-51H,26-31,48H2/t37-,38-,39-,40-,41?,42-,43+,44-,45-,46?,47-/m1/s1. The predicted molar refractivity (Wildman–Crippen MR) is 216 cm³/mol. The molecule has 0 aromatic heterocycles. The predicted octanol–water partition coefficient (Wildman–Crippen LogP) is 5.08. The first kappa shape index (κ1) is 41.8. The summed E-state index contributed by atoms with van der Waals surface area (Å²) in [6.07, 6.45) is -10.5. The second kappa shape index (κ2) is 21.1. The fourth-order valence-corrected chi connectivity index (χ4v) is 7.44. The molecule has 1 saturated heterocycles. The van der Waals surface area contributed by atoms with E-state index in [-0.39, 0.29) is 33.0 Å². The van der Waals surface area contributed by atoms with E-state index in [1.807, 2.05) is 152 Å². The second-order valence-corrected chi connectivity index (χ2v) is 14.7. The van der Waals surface area contributed by atoms with Crippen LogP contribution < -0.4 is 5.73 Å². The zero-order chi connectivity index (χ0) is 40.1. The van der Waals surface area contributed by atoms with Crippen LogP contribution in [0.4, 0.5) is 0 Å². The maximum absolute atomic E-state index is 11.1. The van der Waals surface area contributed by atoms with Crippen molar-refractivity contribution in [2.75, 3.05) is 6.61 Å². The number of hydrogen-bond acceptors (Lipinski definition) is 11. The first-order chi connectivity index (χ1) is 28.5. The molecule has 1 heterocycles. The molecule has 306 valence electrons. The Kier molecular flexibility index (Phi) is 15.2. The van der Waals surface area contributed by atoms with E-state index in [9.17, 15) is 15.3 Å². The van der Waals surface area contributed by atoms with Crippen LogP contribution in [0, 0.1) is 0 Å². The lowest BCUT2D eigenvalue weighted by molar-refractivity contribution is -0.337. The van der Waals surface area contributed by atoms with Gasteiger partial charge in [0.25, 0.3) is 0 Å². The van der Waals surface area contributed by atoms with Gasteiger partial charge in [0.2, 0.25) is 0 Å². The lowest BCUT2D eigenvalue weighted by atomic mass is 9.83. The third kappa shape index (κ3) is 10.8. The van der Waals surface area contributed by atoms with E-state index in [1.165, 1.54) is 0 Å². The minimum absolute atomic E-state index is 0.182. The molecule has 5 N–H and O–H groups in total. The average molecular weight is 792 g/mol. The number of aliphatic hydroxyl groups excluding tert-OH is 3. The molecular weight excluding hydrogens is 739 g/mol. The first-order valence-corrected chi connectivity index (χ1v) is 19.8. The Bertz CT molecular complexity index is 1790. The lowest BCUT2D eigenvalue weighted by Crippen LogP contribution is -2.70. The fraction of sp³-hybridized carbons (Fsp3) is 0.362. The Hall–Kier alpha value is -4.34. The lowest BCUT2D eigenvalue weighted by Gasteiger charge is -2.51. The van der Waals surface area contributed by atoms with Crippen molar-refractivity contribution >= 4 is 0 Å². The monoisotopic (exact) mass is 791 g/mol. The van der Waals surface area contributed by atoms with Crippen molar-refractivity contribution in [1.82, 2.24) is 0 Å². The summed E-state index contributed by atoms with van der Waals surface area (Å²) >= 11 is 0. The highest BCUT2D eigenvalue weighted by atomic mass is 16.7. The maximum Gasteiger partial charge on any atom is 0.176 e. The minimum atomic E-state index is -1.45. The quantitative estimate of drug-likeness (QED) is 0.0942.